The van der Waals surface area contributed by atoms with E-state index in [0.717, 1.165) is 21.9 Å². The molecule has 2 aromatic heterocycles. The normalized spacial score (nSPS) is 11.5. The molecule has 0 saturated carbocycles. The van der Waals surface area contributed by atoms with Crippen molar-refractivity contribution in [2.75, 3.05) is 11.9 Å². The fraction of sp³-hybridized carbons (Fsp3) is 0.143. The van der Waals surface area contributed by atoms with Crippen LogP contribution in [0.1, 0.15) is 6.42 Å². The number of aromatic nitrogens is 3. The molecule has 0 spiro atoms. The monoisotopic (exact) mass is 564 g/mol. The molecule has 1 N–H and O–H groups in total. The summed E-state index contributed by atoms with van der Waals surface area (Å²) in [6.45, 7) is 1.26. The lowest BCUT2D eigenvalue weighted by Crippen LogP contribution is -2.10. The van der Waals surface area contributed by atoms with Gasteiger partial charge in [0.2, 0.25) is 26.6 Å². The fourth-order valence-electron chi connectivity index (χ4n) is 2.92. The maximum atomic E-state index is 13.3. The number of nitrogens with one attached hydrogen (secondary N) is 1. The summed E-state index contributed by atoms with van der Waals surface area (Å²) in [7, 11) is -3.87. The standard InChI is InChI=1S/C21H18Br2N4O3S/c22-16-4-2-15(3-5-16)19-26-21(31(28,29)18-8-6-17(23)7-9-18)20(30-19)25-10-1-12-27-13-11-24-14-27/h2-9,11,13-14,25H,1,10,12H2. The number of aryl methyl sites for hydroxylation is 1. The quantitative estimate of drug-likeness (QED) is 0.288. The molecule has 0 saturated heterocycles. The second-order valence-corrected chi connectivity index (χ2v) is 10.4. The Balaban J connectivity index is 1.64. The summed E-state index contributed by atoms with van der Waals surface area (Å²) in [5.74, 6) is 0.367. The van der Waals surface area contributed by atoms with Crippen LogP contribution in [-0.2, 0) is 16.4 Å². The zero-order valence-corrected chi connectivity index (χ0v) is 20.2. The summed E-state index contributed by atoms with van der Waals surface area (Å²) in [5.41, 5.74) is 0.682. The van der Waals surface area contributed by atoms with Crippen molar-refractivity contribution in [3.8, 4) is 11.5 Å². The fourth-order valence-corrected chi connectivity index (χ4v) is 4.73. The molecular formula is C21H18Br2N4O3S. The number of rotatable bonds is 8. The van der Waals surface area contributed by atoms with Gasteiger partial charge in [0.05, 0.1) is 11.2 Å². The third-order valence-corrected chi connectivity index (χ3v) is 7.24. The zero-order chi connectivity index (χ0) is 21.8. The summed E-state index contributed by atoms with van der Waals surface area (Å²) >= 11 is 6.72. The summed E-state index contributed by atoms with van der Waals surface area (Å²) in [6.07, 6.45) is 6.09. The molecule has 0 radical (unpaired) electrons. The largest absolute Gasteiger partial charge is 0.419 e. The Labute approximate surface area is 196 Å². The van der Waals surface area contributed by atoms with Crippen molar-refractivity contribution in [3.05, 3.63) is 76.2 Å². The molecule has 10 heteroatoms. The molecule has 0 atom stereocenters. The molecule has 2 heterocycles. The van der Waals surface area contributed by atoms with Crippen LogP contribution in [0.3, 0.4) is 0 Å². The highest BCUT2D eigenvalue weighted by Crippen LogP contribution is 2.33. The van der Waals surface area contributed by atoms with Gasteiger partial charge in [-0.3, -0.25) is 0 Å². The number of hydrogen-bond donors (Lipinski definition) is 1. The lowest BCUT2D eigenvalue weighted by atomic mass is 10.2. The smallest absolute Gasteiger partial charge is 0.233 e. The first-order valence-electron chi connectivity index (χ1n) is 9.40. The number of sulfone groups is 1. The highest BCUT2D eigenvalue weighted by atomic mass is 79.9. The molecule has 160 valence electrons. The van der Waals surface area contributed by atoms with E-state index in [1.807, 2.05) is 35.0 Å². The van der Waals surface area contributed by atoms with Crippen LogP contribution < -0.4 is 5.32 Å². The van der Waals surface area contributed by atoms with Gasteiger partial charge in [0, 0.05) is 40.0 Å². The molecule has 2 aromatic carbocycles. The van der Waals surface area contributed by atoms with Crippen LogP contribution in [-0.4, -0.2) is 29.5 Å². The van der Waals surface area contributed by atoms with Gasteiger partial charge in [-0.1, -0.05) is 31.9 Å². The number of nitrogens with zero attached hydrogens (tertiary/aromatic N) is 3. The molecule has 0 aliphatic carbocycles. The first kappa shape index (κ1) is 21.8. The average molecular weight is 566 g/mol. The molecule has 0 fully saturated rings. The minimum atomic E-state index is -3.87. The van der Waals surface area contributed by atoms with Crippen molar-refractivity contribution >= 4 is 47.6 Å². The zero-order valence-electron chi connectivity index (χ0n) is 16.2. The van der Waals surface area contributed by atoms with Gasteiger partial charge >= 0.3 is 0 Å². The Hall–Kier alpha value is -2.43. The molecule has 0 bridgehead atoms. The maximum absolute atomic E-state index is 13.3. The van der Waals surface area contributed by atoms with Gasteiger partial charge in [-0.15, -0.1) is 0 Å². The van der Waals surface area contributed by atoms with Crippen LogP contribution in [0.15, 0.2) is 90.5 Å². The number of halogens is 2. The Kier molecular flexibility index (Phi) is 6.59. The second kappa shape index (κ2) is 9.37. The minimum Gasteiger partial charge on any atom is -0.419 e. The molecule has 4 aromatic rings. The Morgan fingerprint density at radius 1 is 1.00 bits per heavy atom. The third kappa shape index (κ3) is 5.08. The van der Waals surface area contributed by atoms with Crippen molar-refractivity contribution < 1.29 is 12.8 Å². The average Bonchev–Trinajstić information content (AvgIpc) is 3.42. The van der Waals surface area contributed by atoms with Crippen LogP contribution in [0.4, 0.5) is 5.88 Å². The molecular weight excluding hydrogens is 548 g/mol. The number of oxazole rings is 1. The summed E-state index contributed by atoms with van der Waals surface area (Å²) in [4.78, 5) is 8.51. The van der Waals surface area contributed by atoms with E-state index >= 15 is 0 Å². The van der Waals surface area contributed by atoms with E-state index in [0.29, 0.717) is 12.1 Å². The van der Waals surface area contributed by atoms with E-state index in [9.17, 15) is 8.42 Å². The molecule has 0 amide bonds. The first-order chi connectivity index (χ1) is 14.9. The predicted molar refractivity (Wildman–Crippen MR) is 125 cm³/mol. The maximum Gasteiger partial charge on any atom is 0.233 e. The first-order valence-corrected chi connectivity index (χ1v) is 12.5. The van der Waals surface area contributed by atoms with Gasteiger partial charge in [0.15, 0.2) is 0 Å². The van der Waals surface area contributed by atoms with Crippen LogP contribution in [0, 0.1) is 0 Å². The Morgan fingerprint density at radius 2 is 1.68 bits per heavy atom. The summed E-state index contributed by atoms with van der Waals surface area (Å²) in [5, 5.41) is 2.97. The van der Waals surface area contributed by atoms with E-state index in [-0.39, 0.29) is 21.7 Å². The van der Waals surface area contributed by atoms with Gasteiger partial charge in [-0.25, -0.2) is 13.4 Å². The van der Waals surface area contributed by atoms with Gasteiger partial charge in [-0.2, -0.15) is 4.98 Å². The van der Waals surface area contributed by atoms with Gasteiger partial charge in [0.25, 0.3) is 0 Å². The highest BCUT2D eigenvalue weighted by molar-refractivity contribution is 9.10. The number of imidazole rings is 1. The number of benzene rings is 2. The topological polar surface area (TPSA) is 90.0 Å². The van der Waals surface area contributed by atoms with Gasteiger partial charge in [0.1, 0.15) is 0 Å². The lowest BCUT2D eigenvalue weighted by Gasteiger charge is -2.07. The lowest BCUT2D eigenvalue weighted by molar-refractivity contribution is 0.571. The highest BCUT2D eigenvalue weighted by Gasteiger charge is 2.28. The van der Waals surface area contributed by atoms with Crippen LogP contribution >= 0.6 is 31.9 Å². The van der Waals surface area contributed by atoms with Crippen molar-refractivity contribution in [1.82, 2.24) is 14.5 Å². The van der Waals surface area contributed by atoms with Crippen LogP contribution in [0.25, 0.3) is 11.5 Å². The SMILES string of the molecule is O=S(=O)(c1ccc(Br)cc1)c1nc(-c2ccc(Br)cc2)oc1NCCCn1ccnc1. The molecule has 0 aliphatic heterocycles. The summed E-state index contributed by atoms with van der Waals surface area (Å²) in [6, 6.07) is 13.8. The van der Waals surface area contributed by atoms with E-state index < -0.39 is 9.84 Å². The molecule has 4 rings (SSSR count). The summed E-state index contributed by atoms with van der Waals surface area (Å²) < 4.78 is 36.1. The van der Waals surface area contributed by atoms with Crippen molar-refractivity contribution in [1.29, 1.82) is 0 Å². The number of hydrogen-bond acceptors (Lipinski definition) is 6. The second-order valence-electron chi connectivity index (χ2n) is 6.70. The molecule has 31 heavy (non-hydrogen) atoms. The third-order valence-electron chi connectivity index (χ3n) is 4.50. The van der Waals surface area contributed by atoms with Crippen molar-refractivity contribution in [2.45, 2.75) is 22.9 Å². The van der Waals surface area contributed by atoms with Gasteiger partial charge < -0.3 is 14.3 Å². The van der Waals surface area contributed by atoms with Crippen LogP contribution in [0.5, 0.6) is 0 Å². The predicted octanol–water partition coefficient (Wildman–Crippen LogP) is 5.40. The van der Waals surface area contributed by atoms with Gasteiger partial charge in [-0.05, 0) is 55.0 Å². The molecule has 7 nitrogen and oxygen atoms in total. The Bertz CT molecular complexity index is 1250. The minimum absolute atomic E-state index is 0.129. The molecule has 0 unspecified atom stereocenters. The van der Waals surface area contributed by atoms with Crippen LogP contribution in [0.2, 0.25) is 0 Å². The van der Waals surface area contributed by atoms with Crippen molar-refractivity contribution in [2.24, 2.45) is 0 Å². The Morgan fingerprint density at radius 3 is 2.32 bits per heavy atom. The number of anilines is 1. The van der Waals surface area contributed by atoms with Crippen molar-refractivity contribution in [3.63, 3.8) is 0 Å². The van der Waals surface area contributed by atoms with E-state index in [2.05, 4.69) is 47.1 Å². The van der Waals surface area contributed by atoms with E-state index in [1.54, 1.807) is 24.7 Å². The molecule has 0 aliphatic rings. The van der Waals surface area contributed by atoms with E-state index in [1.165, 1.54) is 12.1 Å². The van der Waals surface area contributed by atoms with E-state index in [4.69, 9.17) is 4.42 Å².